The largest absolute Gasteiger partial charge is 0.416 e. The molecule has 0 fully saturated rings. The molecule has 0 spiro atoms. The van der Waals surface area contributed by atoms with Crippen LogP contribution in [-0.4, -0.2) is 6.54 Å². The van der Waals surface area contributed by atoms with E-state index in [0.717, 1.165) is 33.6 Å². The number of allylic oxidation sites excluding steroid dienone is 1. The summed E-state index contributed by atoms with van der Waals surface area (Å²) in [5, 5.41) is 6.48. The Bertz CT molecular complexity index is 1720. The summed E-state index contributed by atoms with van der Waals surface area (Å²) in [5.74, 6) is 0. The molecule has 9 heteroatoms. The predicted octanol–water partition coefficient (Wildman–Crippen LogP) is 9.46. The number of hydrogen-bond donors (Lipinski definition) is 1. The average Bonchev–Trinajstić information content (AvgIpc) is 3.06. The van der Waals surface area contributed by atoms with Crippen LogP contribution in [0, 0.1) is 0 Å². The van der Waals surface area contributed by atoms with E-state index in [4.69, 9.17) is 4.74 Å². The molecule has 0 heterocycles. The number of nitrogens with one attached hydrogen (secondary N) is 1. The van der Waals surface area contributed by atoms with Gasteiger partial charge in [-0.25, -0.2) is 0 Å². The van der Waals surface area contributed by atoms with Crippen LogP contribution in [0.1, 0.15) is 29.2 Å². The third-order valence-electron chi connectivity index (χ3n) is 7.92. The molecule has 0 amide bonds. The Labute approximate surface area is 270 Å². The van der Waals surface area contributed by atoms with Crippen LogP contribution < -0.4 is 21.2 Å². The van der Waals surface area contributed by atoms with Crippen LogP contribution >= 0.6 is 7.05 Å². The molecule has 0 aliphatic carbocycles. The van der Waals surface area contributed by atoms with Gasteiger partial charge in [-0.15, -0.1) is 0 Å². The Morgan fingerprint density at radius 3 is 1.36 bits per heavy atom. The van der Waals surface area contributed by atoms with Crippen LogP contribution in [0.2, 0.25) is 0 Å². The second-order valence-electron chi connectivity index (χ2n) is 11.5. The summed E-state index contributed by atoms with van der Waals surface area (Å²) in [6.45, 7) is 6.18. The highest BCUT2D eigenvalue weighted by molar-refractivity contribution is 7.87. The minimum Gasteiger partial charge on any atom is -0.377 e. The zero-order valence-electron chi connectivity index (χ0n) is 25.6. The minimum absolute atomic E-state index is 0.132. The topological polar surface area (TPSA) is 24.4 Å². The first-order chi connectivity index (χ1) is 22.3. The van der Waals surface area contributed by atoms with Crippen molar-refractivity contribution in [1.82, 2.24) is 5.32 Å². The first-order valence-electron chi connectivity index (χ1n) is 14.9. The van der Waals surface area contributed by atoms with Crippen LogP contribution in [0.4, 0.5) is 26.3 Å². The van der Waals surface area contributed by atoms with Gasteiger partial charge in [0.05, 0.1) is 30.3 Å². The maximum Gasteiger partial charge on any atom is 0.416 e. The van der Waals surface area contributed by atoms with E-state index >= 15 is 0 Å². The summed E-state index contributed by atoms with van der Waals surface area (Å²) in [6.07, 6.45) is -10.1. The third kappa shape index (κ3) is 7.71. The third-order valence-corrected chi connectivity index (χ3v) is 11.6. The van der Waals surface area contributed by atoms with Crippen molar-refractivity contribution < 1.29 is 26.3 Å². The van der Waals surface area contributed by atoms with E-state index in [0.29, 0.717) is 0 Å². The van der Waals surface area contributed by atoms with E-state index < -0.39 is 36.1 Å². The summed E-state index contributed by atoms with van der Waals surface area (Å²) in [7, 11) is -2.63. The molecule has 242 valence electrons. The number of alkyl halides is 6. The molecule has 47 heavy (non-hydrogen) atoms. The molecule has 5 rings (SSSR count). The SMILES string of the molecule is C=C(Cc1cc(C(F)(F)F)cc(C(F)(F)F)c1)N[C@@](C)(CN=P(c1ccccc1)(c1ccccc1)c1ccccc1)c1ccccc1. The Hall–Kier alpha value is -4.55. The first kappa shape index (κ1) is 33.8. The Balaban J connectivity index is 1.61. The fourth-order valence-electron chi connectivity index (χ4n) is 5.68. The summed E-state index contributed by atoms with van der Waals surface area (Å²) in [4.78, 5) is 0. The maximum absolute atomic E-state index is 13.6. The zero-order chi connectivity index (χ0) is 33.7. The lowest BCUT2D eigenvalue weighted by atomic mass is 9.91. The molecular formula is C38H33F6N2P. The Kier molecular flexibility index (Phi) is 9.83. The van der Waals surface area contributed by atoms with E-state index in [2.05, 4.69) is 48.3 Å². The van der Waals surface area contributed by atoms with Crippen molar-refractivity contribution in [2.24, 2.45) is 4.74 Å². The lowest BCUT2D eigenvalue weighted by Crippen LogP contribution is -2.42. The molecular weight excluding hydrogens is 629 g/mol. The molecule has 0 unspecified atom stereocenters. The second-order valence-corrected chi connectivity index (χ2v) is 14.6. The Morgan fingerprint density at radius 1 is 0.596 bits per heavy atom. The highest BCUT2D eigenvalue weighted by Crippen LogP contribution is 2.47. The van der Waals surface area contributed by atoms with Gasteiger partial charge in [0.15, 0.2) is 0 Å². The van der Waals surface area contributed by atoms with Crippen molar-refractivity contribution >= 4 is 23.0 Å². The van der Waals surface area contributed by atoms with Gasteiger partial charge in [-0.05, 0) is 36.2 Å². The molecule has 5 aromatic carbocycles. The molecule has 5 aromatic rings. The van der Waals surface area contributed by atoms with E-state index in [1.54, 1.807) is 0 Å². The fraction of sp³-hybridized carbons (Fsp3) is 0.158. The summed E-state index contributed by atoms with van der Waals surface area (Å²) < 4.78 is 87.1. The van der Waals surface area contributed by atoms with Crippen molar-refractivity contribution in [3.05, 3.63) is 174 Å². The van der Waals surface area contributed by atoms with Gasteiger partial charge in [-0.2, -0.15) is 26.3 Å². The van der Waals surface area contributed by atoms with Crippen molar-refractivity contribution in [2.45, 2.75) is 31.2 Å². The van der Waals surface area contributed by atoms with Crippen molar-refractivity contribution in [1.29, 1.82) is 0 Å². The van der Waals surface area contributed by atoms with Crippen molar-refractivity contribution in [3.8, 4) is 0 Å². The highest BCUT2D eigenvalue weighted by Gasteiger charge is 2.37. The smallest absolute Gasteiger partial charge is 0.377 e. The van der Waals surface area contributed by atoms with E-state index in [1.165, 1.54) is 0 Å². The fourth-order valence-corrected chi connectivity index (χ4v) is 9.37. The first-order valence-corrected chi connectivity index (χ1v) is 16.6. The number of halogens is 6. The molecule has 0 radical (unpaired) electrons. The normalized spacial score (nSPS) is 13.4. The number of hydrogen-bond acceptors (Lipinski definition) is 2. The predicted molar refractivity (Wildman–Crippen MR) is 179 cm³/mol. The van der Waals surface area contributed by atoms with Gasteiger partial charge in [0, 0.05) is 28.0 Å². The van der Waals surface area contributed by atoms with Gasteiger partial charge in [0.2, 0.25) is 0 Å². The van der Waals surface area contributed by atoms with Crippen LogP contribution in [0.3, 0.4) is 0 Å². The molecule has 0 bridgehead atoms. The van der Waals surface area contributed by atoms with Gasteiger partial charge in [0.25, 0.3) is 0 Å². The molecule has 0 saturated carbocycles. The summed E-state index contributed by atoms with van der Waals surface area (Å²) in [5.41, 5.74) is -2.73. The zero-order valence-corrected chi connectivity index (χ0v) is 26.5. The van der Waals surface area contributed by atoms with Crippen LogP contribution in [0.5, 0.6) is 0 Å². The van der Waals surface area contributed by atoms with Crippen LogP contribution in [0.15, 0.2) is 157 Å². The quantitative estimate of drug-likeness (QED) is 0.117. The molecule has 0 aliphatic rings. The van der Waals surface area contributed by atoms with E-state index in [9.17, 15) is 26.3 Å². The molecule has 0 saturated heterocycles. The van der Waals surface area contributed by atoms with Crippen molar-refractivity contribution in [2.75, 3.05) is 6.54 Å². The van der Waals surface area contributed by atoms with Gasteiger partial charge in [0.1, 0.15) is 0 Å². The van der Waals surface area contributed by atoms with Crippen LogP contribution in [0.25, 0.3) is 0 Å². The second kappa shape index (κ2) is 13.7. The molecule has 0 aliphatic heterocycles. The van der Waals surface area contributed by atoms with Gasteiger partial charge in [-0.3, -0.25) is 4.74 Å². The molecule has 1 atom stereocenters. The monoisotopic (exact) mass is 662 g/mol. The van der Waals surface area contributed by atoms with Gasteiger partial charge >= 0.3 is 12.4 Å². The lowest BCUT2D eigenvalue weighted by molar-refractivity contribution is -0.143. The van der Waals surface area contributed by atoms with Gasteiger partial charge in [-0.1, -0.05) is 128 Å². The highest BCUT2D eigenvalue weighted by atomic mass is 31.2. The Morgan fingerprint density at radius 2 is 0.979 bits per heavy atom. The minimum atomic E-state index is -4.94. The van der Waals surface area contributed by atoms with E-state index in [-0.39, 0.29) is 30.3 Å². The van der Waals surface area contributed by atoms with E-state index in [1.807, 2.05) is 91.9 Å². The standard InChI is InChI=1S/C38H33F6N2P/c1-28(23-29-24-31(37(39,40)41)26-32(25-29)38(42,43)44)46-36(2,30-15-7-3-8-16-30)27-45-47(33-17-9-4-10-18-33,34-19-11-5-12-20-34)35-21-13-6-14-22-35/h3-22,24-26,46H,1,23,27H2,2H3/t36-/m0/s1. The lowest BCUT2D eigenvalue weighted by Gasteiger charge is -2.35. The summed E-state index contributed by atoms with van der Waals surface area (Å²) >= 11 is 0. The van der Waals surface area contributed by atoms with Gasteiger partial charge < -0.3 is 5.32 Å². The number of rotatable bonds is 10. The molecule has 0 aromatic heterocycles. The summed E-state index contributed by atoms with van der Waals surface area (Å²) in [6, 6.07) is 41.2. The number of nitrogens with zero attached hydrogens (tertiary/aromatic N) is 1. The number of benzene rings is 5. The van der Waals surface area contributed by atoms with Crippen molar-refractivity contribution in [3.63, 3.8) is 0 Å². The maximum atomic E-state index is 13.6. The molecule has 1 N–H and O–H groups in total. The average molecular weight is 663 g/mol. The van der Waals surface area contributed by atoms with Crippen LogP contribution in [-0.2, 0) is 24.3 Å². The molecule has 2 nitrogen and oxygen atoms in total.